The number of para-hydroxylation sites is 1. The van der Waals surface area contributed by atoms with Crippen LogP contribution in [0.5, 0.6) is 0 Å². The van der Waals surface area contributed by atoms with Gasteiger partial charge in [0.1, 0.15) is 5.58 Å². The van der Waals surface area contributed by atoms with E-state index in [1.165, 1.54) is 6.07 Å². The maximum Gasteiger partial charge on any atom is 0.289 e. The Kier molecular flexibility index (Phi) is 3.80. The predicted molar refractivity (Wildman–Crippen MR) is 80.6 cm³/mol. The molecule has 0 saturated carbocycles. The molecule has 1 amide bonds. The SMILES string of the molecule is [N-]=[N+]=NC1CCN(C(=O)c2cc(=O)c3ccccc3o2)CC1. The number of piperidine rings is 1. The van der Waals surface area contributed by atoms with Gasteiger partial charge in [-0.05, 0) is 30.5 Å². The molecule has 1 aliphatic heterocycles. The zero-order chi connectivity index (χ0) is 15.5. The highest BCUT2D eigenvalue weighted by Crippen LogP contribution is 2.18. The monoisotopic (exact) mass is 298 g/mol. The van der Waals surface area contributed by atoms with Crippen LogP contribution in [0.25, 0.3) is 21.4 Å². The summed E-state index contributed by atoms with van der Waals surface area (Å²) in [5.74, 6) is -0.256. The summed E-state index contributed by atoms with van der Waals surface area (Å²) in [6.45, 7) is 0.970. The van der Waals surface area contributed by atoms with Crippen molar-refractivity contribution in [3.8, 4) is 0 Å². The van der Waals surface area contributed by atoms with E-state index < -0.39 is 0 Å². The highest BCUT2D eigenvalue weighted by Gasteiger charge is 2.25. The van der Waals surface area contributed by atoms with Crippen LogP contribution in [0.15, 0.2) is 44.7 Å². The van der Waals surface area contributed by atoms with Crippen molar-refractivity contribution in [3.63, 3.8) is 0 Å². The molecule has 7 heteroatoms. The molecule has 22 heavy (non-hydrogen) atoms. The molecular formula is C15H14N4O3. The molecule has 0 radical (unpaired) electrons. The number of rotatable bonds is 2. The van der Waals surface area contributed by atoms with E-state index in [0.717, 1.165) is 0 Å². The molecule has 3 rings (SSSR count). The van der Waals surface area contributed by atoms with Crippen molar-refractivity contribution in [3.05, 3.63) is 56.8 Å². The molecular weight excluding hydrogens is 284 g/mol. The van der Waals surface area contributed by atoms with E-state index in [1.54, 1.807) is 29.2 Å². The average Bonchev–Trinajstić information content (AvgIpc) is 2.55. The first-order valence-corrected chi connectivity index (χ1v) is 7.05. The summed E-state index contributed by atoms with van der Waals surface area (Å²) in [5.41, 5.74) is 8.61. The predicted octanol–water partition coefficient (Wildman–Crippen LogP) is 2.71. The van der Waals surface area contributed by atoms with Crippen LogP contribution in [-0.2, 0) is 0 Å². The largest absolute Gasteiger partial charge is 0.451 e. The van der Waals surface area contributed by atoms with Crippen molar-refractivity contribution in [2.75, 3.05) is 13.1 Å². The van der Waals surface area contributed by atoms with Crippen molar-refractivity contribution >= 4 is 16.9 Å². The summed E-state index contributed by atoms with van der Waals surface area (Å²) in [5, 5.41) is 4.13. The quantitative estimate of drug-likeness (QED) is 0.484. The third kappa shape index (κ3) is 2.66. The minimum Gasteiger partial charge on any atom is -0.451 e. The molecule has 7 nitrogen and oxygen atoms in total. The van der Waals surface area contributed by atoms with Crippen molar-refractivity contribution in [2.45, 2.75) is 18.9 Å². The van der Waals surface area contributed by atoms with E-state index in [0.29, 0.717) is 36.9 Å². The van der Waals surface area contributed by atoms with Gasteiger partial charge in [-0.3, -0.25) is 9.59 Å². The molecule has 0 unspecified atom stereocenters. The van der Waals surface area contributed by atoms with Gasteiger partial charge in [0.2, 0.25) is 0 Å². The Morgan fingerprint density at radius 1 is 1.32 bits per heavy atom. The Balaban J connectivity index is 1.84. The number of likely N-dealkylation sites (tertiary alicyclic amines) is 1. The Labute approximate surface area is 125 Å². The van der Waals surface area contributed by atoms with E-state index in [2.05, 4.69) is 10.0 Å². The first-order valence-electron chi connectivity index (χ1n) is 7.05. The summed E-state index contributed by atoms with van der Waals surface area (Å²) in [7, 11) is 0. The highest BCUT2D eigenvalue weighted by atomic mass is 16.3. The molecule has 1 fully saturated rings. The number of carbonyl (C=O) groups excluding carboxylic acids is 1. The molecule has 112 valence electrons. The summed E-state index contributed by atoms with van der Waals surface area (Å²) in [6, 6.07) is 8.01. The summed E-state index contributed by atoms with van der Waals surface area (Å²) in [6.07, 6.45) is 1.24. The average molecular weight is 298 g/mol. The van der Waals surface area contributed by atoms with E-state index in [9.17, 15) is 9.59 Å². The van der Waals surface area contributed by atoms with E-state index in [1.807, 2.05) is 0 Å². The number of fused-ring (bicyclic) bond motifs is 1. The number of amides is 1. The highest BCUT2D eigenvalue weighted by molar-refractivity contribution is 5.93. The van der Waals surface area contributed by atoms with Gasteiger partial charge in [-0.2, -0.15) is 0 Å². The minimum atomic E-state index is -0.303. The molecule has 0 bridgehead atoms. The van der Waals surface area contributed by atoms with Gasteiger partial charge in [-0.25, -0.2) is 0 Å². The number of azide groups is 1. The summed E-state index contributed by atoms with van der Waals surface area (Å²) >= 11 is 0. The molecule has 2 aromatic rings. The second-order valence-electron chi connectivity index (χ2n) is 5.20. The smallest absolute Gasteiger partial charge is 0.289 e. The topological polar surface area (TPSA) is 99.3 Å². The van der Waals surface area contributed by atoms with Crippen LogP contribution in [0.3, 0.4) is 0 Å². The van der Waals surface area contributed by atoms with Gasteiger partial charge in [-0.1, -0.05) is 17.2 Å². The van der Waals surface area contributed by atoms with Gasteiger partial charge in [-0.15, -0.1) is 0 Å². The first-order chi connectivity index (χ1) is 10.7. The van der Waals surface area contributed by atoms with Crippen LogP contribution in [-0.4, -0.2) is 29.9 Å². The van der Waals surface area contributed by atoms with Crippen molar-refractivity contribution in [1.29, 1.82) is 0 Å². The fraction of sp³-hybridized carbons (Fsp3) is 0.333. The lowest BCUT2D eigenvalue weighted by molar-refractivity contribution is 0.0683. The maximum atomic E-state index is 12.5. The van der Waals surface area contributed by atoms with Crippen LogP contribution in [0.1, 0.15) is 23.4 Å². The normalized spacial score (nSPS) is 15.5. The van der Waals surface area contributed by atoms with Crippen molar-refractivity contribution < 1.29 is 9.21 Å². The Morgan fingerprint density at radius 2 is 2.05 bits per heavy atom. The van der Waals surface area contributed by atoms with E-state index >= 15 is 0 Å². The fourth-order valence-electron chi connectivity index (χ4n) is 2.62. The lowest BCUT2D eigenvalue weighted by Crippen LogP contribution is -2.39. The number of carbonyl (C=O) groups is 1. The Hall–Kier alpha value is -2.79. The lowest BCUT2D eigenvalue weighted by atomic mass is 10.1. The van der Waals surface area contributed by atoms with Crippen LogP contribution in [0.2, 0.25) is 0 Å². The molecule has 1 aromatic heterocycles. The van der Waals surface area contributed by atoms with Crippen molar-refractivity contribution in [1.82, 2.24) is 4.90 Å². The van der Waals surface area contributed by atoms with Crippen LogP contribution >= 0.6 is 0 Å². The van der Waals surface area contributed by atoms with Gasteiger partial charge in [0, 0.05) is 30.1 Å². The standard InChI is InChI=1S/C15H14N4O3/c16-18-17-10-5-7-19(8-6-10)15(21)14-9-12(20)11-3-1-2-4-13(11)22-14/h1-4,9-10H,5-8H2. The third-order valence-corrected chi connectivity index (χ3v) is 3.81. The van der Waals surface area contributed by atoms with Gasteiger partial charge >= 0.3 is 0 Å². The van der Waals surface area contributed by atoms with Gasteiger partial charge in [0.25, 0.3) is 5.91 Å². The molecule has 0 spiro atoms. The number of hydrogen-bond donors (Lipinski definition) is 0. The second kappa shape index (κ2) is 5.91. The molecule has 1 aliphatic rings. The second-order valence-corrected chi connectivity index (χ2v) is 5.20. The molecule has 1 aromatic carbocycles. The minimum absolute atomic E-state index is 0.0472. The van der Waals surface area contributed by atoms with E-state index in [4.69, 9.17) is 9.95 Å². The van der Waals surface area contributed by atoms with E-state index in [-0.39, 0.29) is 23.1 Å². The first kappa shape index (κ1) is 14.2. The Bertz CT molecular complexity index is 815. The van der Waals surface area contributed by atoms with Crippen molar-refractivity contribution in [2.24, 2.45) is 5.11 Å². The summed E-state index contributed by atoms with van der Waals surface area (Å²) in [4.78, 5) is 28.9. The molecule has 1 saturated heterocycles. The zero-order valence-electron chi connectivity index (χ0n) is 11.8. The molecule has 2 heterocycles. The zero-order valence-corrected chi connectivity index (χ0v) is 11.8. The molecule has 0 atom stereocenters. The molecule has 0 N–H and O–H groups in total. The van der Waals surface area contributed by atoms with Gasteiger partial charge in [0.05, 0.1) is 5.39 Å². The molecule has 0 aliphatic carbocycles. The summed E-state index contributed by atoms with van der Waals surface area (Å²) < 4.78 is 5.56. The number of hydrogen-bond acceptors (Lipinski definition) is 4. The van der Waals surface area contributed by atoms with Crippen LogP contribution in [0, 0.1) is 0 Å². The number of nitrogens with zero attached hydrogens (tertiary/aromatic N) is 4. The fourth-order valence-corrected chi connectivity index (χ4v) is 2.62. The van der Waals surface area contributed by atoms with Crippen LogP contribution in [0.4, 0.5) is 0 Å². The van der Waals surface area contributed by atoms with Crippen LogP contribution < -0.4 is 5.43 Å². The van der Waals surface area contributed by atoms with Gasteiger partial charge < -0.3 is 9.32 Å². The number of benzene rings is 1. The lowest BCUT2D eigenvalue weighted by Gasteiger charge is -2.29. The van der Waals surface area contributed by atoms with Gasteiger partial charge in [0.15, 0.2) is 11.2 Å². The third-order valence-electron chi connectivity index (χ3n) is 3.81. The Morgan fingerprint density at radius 3 is 2.77 bits per heavy atom. The maximum absolute atomic E-state index is 12.5.